The molecule has 0 rings (SSSR count). The highest BCUT2D eigenvalue weighted by Crippen LogP contribution is 2.16. The van der Waals surface area contributed by atoms with Crippen molar-refractivity contribution in [1.82, 2.24) is 0 Å². The van der Waals surface area contributed by atoms with E-state index < -0.39 is 0 Å². The normalized spacial score (nSPS) is 11.2. The smallest absolute Gasteiger partial charge is 0.0353 e. The molecule has 0 amide bonds. The molecule has 0 heteroatoms. The van der Waals surface area contributed by atoms with Crippen molar-refractivity contribution in [2.45, 2.75) is 180 Å². The van der Waals surface area contributed by atoms with E-state index >= 15 is 0 Å². The molecule has 0 aliphatic heterocycles. The topological polar surface area (TPSA) is 0 Å². The standard InChI is InChI=1S/C30H60/c1-3-5-7-9-11-13-15-17-19-21-23-25-27-29-30-28-26-24-22-20-18-16-14-12-10-8-6-4-2/h3H,1,4-30H2,2H3. The van der Waals surface area contributed by atoms with Crippen molar-refractivity contribution in [2.75, 3.05) is 0 Å². The Morgan fingerprint density at radius 1 is 0.333 bits per heavy atom. The van der Waals surface area contributed by atoms with Crippen LogP contribution in [0.5, 0.6) is 0 Å². The zero-order valence-corrected chi connectivity index (χ0v) is 21.4. The molecule has 0 aromatic heterocycles. The molecule has 0 nitrogen and oxygen atoms in total. The molecule has 0 fully saturated rings. The summed E-state index contributed by atoms with van der Waals surface area (Å²) in [5.41, 5.74) is 0. The summed E-state index contributed by atoms with van der Waals surface area (Å²) in [6.07, 6.45) is 41.4. The SMILES string of the molecule is C=CCCCCCCCCCCCCCCCCCCCCCCCCCCCC. The van der Waals surface area contributed by atoms with Crippen LogP contribution in [0.25, 0.3) is 0 Å². The molecule has 30 heavy (non-hydrogen) atoms. The number of hydrogen-bond acceptors (Lipinski definition) is 0. The molecule has 0 unspecified atom stereocenters. The predicted molar refractivity (Wildman–Crippen MR) is 141 cm³/mol. The van der Waals surface area contributed by atoms with Crippen LogP contribution in [0.2, 0.25) is 0 Å². The van der Waals surface area contributed by atoms with Crippen LogP contribution in [0.15, 0.2) is 12.7 Å². The van der Waals surface area contributed by atoms with Crippen molar-refractivity contribution in [1.29, 1.82) is 0 Å². The molecule has 0 aliphatic carbocycles. The Morgan fingerprint density at radius 2 is 0.533 bits per heavy atom. The zero-order valence-electron chi connectivity index (χ0n) is 21.4. The Hall–Kier alpha value is -0.260. The summed E-state index contributed by atoms with van der Waals surface area (Å²) in [6.45, 7) is 6.10. The van der Waals surface area contributed by atoms with E-state index in [2.05, 4.69) is 19.6 Å². The van der Waals surface area contributed by atoms with E-state index in [-0.39, 0.29) is 0 Å². The first-order valence-corrected chi connectivity index (χ1v) is 14.5. The van der Waals surface area contributed by atoms with Crippen LogP contribution in [0.1, 0.15) is 180 Å². The maximum Gasteiger partial charge on any atom is -0.0353 e. The minimum atomic E-state index is 1.21. The zero-order chi connectivity index (χ0) is 21.8. The second kappa shape index (κ2) is 28.7. The van der Waals surface area contributed by atoms with Gasteiger partial charge in [0, 0.05) is 0 Å². The third-order valence-corrected chi connectivity index (χ3v) is 6.76. The minimum Gasteiger partial charge on any atom is -0.103 e. The Kier molecular flexibility index (Phi) is 28.5. The van der Waals surface area contributed by atoms with Gasteiger partial charge in [-0.05, 0) is 12.8 Å². The molecule has 0 saturated heterocycles. The number of allylic oxidation sites excluding steroid dienone is 1. The largest absolute Gasteiger partial charge is 0.103 e. The van der Waals surface area contributed by atoms with Crippen LogP contribution in [0, 0.1) is 0 Å². The van der Waals surface area contributed by atoms with Gasteiger partial charge >= 0.3 is 0 Å². The lowest BCUT2D eigenvalue weighted by Crippen LogP contribution is -1.84. The Labute approximate surface area is 193 Å². The molecule has 0 N–H and O–H groups in total. The van der Waals surface area contributed by atoms with Crippen LogP contribution < -0.4 is 0 Å². The van der Waals surface area contributed by atoms with Crippen molar-refractivity contribution in [3.05, 3.63) is 12.7 Å². The number of rotatable bonds is 27. The highest BCUT2D eigenvalue weighted by Gasteiger charge is 1.96. The fourth-order valence-corrected chi connectivity index (χ4v) is 4.60. The lowest BCUT2D eigenvalue weighted by Gasteiger charge is -2.04. The van der Waals surface area contributed by atoms with Gasteiger partial charge in [0.25, 0.3) is 0 Å². The number of unbranched alkanes of at least 4 members (excludes halogenated alkanes) is 26. The van der Waals surface area contributed by atoms with Crippen LogP contribution in [-0.2, 0) is 0 Å². The third-order valence-electron chi connectivity index (χ3n) is 6.76. The van der Waals surface area contributed by atoms with E-state index in [0.717, 1.165) is 0 Å². The second-order valence-electron chi connectivity index (χ2n) is 9.92. The van der Waals surface area contributed by atoms with Crippen molar-refractivity contribution >= 4 is 0 Å². The first-order chi connectivity index (χ1) is 14.9. The molecule has 0 aromatic rings. The van der Waals surface area contributed by atoms with Crippen LogP contribution in [0.4, 0.5) is 0 Å². The van der Waals surface area contributed by atoms with Crippen LogP contribution >= 0.6 is 0 Å². The fourth-order valence-electron chi connectivity index (χ4n) is 4.60. The van der Waals surface area contributed by atoms with Gasteiger partial charge in [-0.1, -0.05) is 174 Å². The molecule has 0 bridgehead atoms. The fraction of sp³-hybridized carbons (Fsp3) is 0.933. The lowest BCUT2D eigenvalue weighted by atomic mass is 10.0. The Bertz CT molecular complexity index is 292. The maximum atomic E-state index is 3.79. The molecule has 0 aromatic carbocycles. The van der Waals surface area contributed by atoms with E-state index in [1.165, 1.54) is 173 Å². The third kappa shape index (κ3) is 27.7. The summed E-state index contributed by atoms with van der Waals surface area (Å²) in [4.78, 5) is 0. The summed E-state index contributed by atoms with van der Waals surface area (Å²) in [5, 5.41) is 0. The van der Waals surface area contributed by atoms with Crippen LogP contribution in [-0.4, -0.2) is 0 Å². The van der Waals surface area contributed by atoms with E-state index in [0.29, 0.717) is 0 Å². The van der Waals surface area contributed by atoms with Gasteiger partial charge in [-0.25, -0.2) is 0 Å². The monoisotopic (exact) mass is 420 g/mol. The van der Waals surface area contributed by atoms with Gasteiger partial charge in [0.1, 0.15) is 0 Å². The van der Waals surface area contributed by atoms with Gasteiger partial charge in [0.05, 0.1) is 0 Å². The summed E-state index contributed by atoms with van der Waals surface area (Å²) in [7, 11) is 0. The average molecular weight is 421 g/mol. The minimum absolute atomic E-state index is 1.21. The maximum absolute atomic E-state index is 3.79. The summed E-state index contributed by atoms with van der Waals surface area (Å²) < 4.78 is 0. The van der Waals surface area contributed by atoms with E-state index in [4.69, 9.17) is 0 Å². The van der Waals surface area contributed by atoms with E-state index in [1.54, 1.807) is 0 Å². The summed E-state index contributed by atoms with van der Waals surface area (Å²) >= 11 is 0. The summed E-state index contributed by atoms with van der Waals surface area (Å²) in [5.74, 6) is 0. The molecule has 0 atom stereocenters. The van der Waals surface area contributed by atoms with E-state index in [9.17, 15) is 0 Å². The van der Waals surface area contributed by atoms with Crippen molar-refractivity contribution in [3.63, 3.8) is 0 Å². The molecule has 0 aliphatic rings. The Morgan fingerprint density at radius 3 is 0.733 bits per heavy atom. The molecule has 0 saturated carbocycles. The van der Waals surface area contributed by atoms with Gasteiger partial charge in [-0.2, -0.15) is 0 Å². The lowest BCUT2D eigenvalue weighted by molar-refractivity contribution is 0.515. The average Bonchev–Trinajstić information content (AvgIpc) is 2.76. The highest BCUT2D eigenvalue weighted by molar-refractivity contribution is 4.65. The molecule has 180 valence electrons. The van der Waals surface area contributed by atoms with Crippen molar-refractivity contribution < 1.29 is 0 Å². The molecular formula is C30H60. The predicted octanol–water partition coefficient (Wildman–Crippen LogP) is 11.7. The first kappa shape index (κ1) is 29.7. The van der Waals surface area contributed by atoms with Crippen LogP contribution in [0.3, 0.4) is 0 Å². The molecule has 0 spiro atoms. The van der Waals surface area contributed by atoms with Crippen molar-refractivity contribution in [2.24, 2.45) is 0 Å². The van der Waals surface area contributed by atoms with Gasteiger partial charge in [0.15, 0.2) is 0 Å². The van der Waals surface area contributed by atoms with E-state index in [1.807, 2.05) is 0 Å². The number of hydrogen-bond donors (Lipinski definition) is 0. The van der Waals surface area contributed by atoms with Gasteiger partial charge < -0.3 is 0 Å². The van der Waals surface area contributed by atoms with Crippen molar-refractivity contribution in [3.8, 4) is 0 Å². The molecule has 0 radical (unpaired) electrons. The Balaban J connectivity index is 2.98. The highest BCUT2D eigenvalue weighted by atomic mass is 14.0. The quantitative estimate of drug-likeness (QED) is 0.0915. The molecular weight excluding hydrogens is 360 g/mol. The van der Waals surface area contributed by atoms with Gasteiger partial charge in [-0.3, -0.25) is 0 Å². The second-order valence-corrected chi connectivity index (χ2v) is 9.92. The van der Waals surface area contributed by atoms with Gasteiger partial charge in [0.2, 0.25) is 0 Å². The van der Waals surface area contributed by atoms with Gasteiger partial charge in [-0.15, -0.1) is 6.58 Å². The molecule has 0 heterocycles. The summed E-state index contributed by atoms with van der Waals surface area (Å²) in [6, 6.07) is 0. The first-order valence-electron chi connectivity index (χ1n) is 14.5.